The molecule has 2 unspecified atom stereocenters. The molecule has 4 heterocycles. The zero-order valence-corrected chi connectivity index (χ0v) is 12.7. The lowest BCUT2D eigenvalue weighted by Crippen LogP contribution is -2.55. The molecular weight excluding hydrogens is 320 g/mol. The average Bonchev–Trinajstić information content (AvgIpc) is 3.19. The van der Waals surface area contributed by atoms with E-state index in [1.807, 2.05) is 0 Å². The van der Waals surface area contributed by atoms with Crippen LogP contribution in [0, 0.1) is 0 Å². The minimum Gasteiger partial charge on any atom is -0.411 e. The van der Waals surface area contributed by atoms with Gasteiger partial charge in [-0.15, -0.1) is 5.10 Å². The van der Waals surface area contributed by atoms with Gasteiger partial charge in [0.15, 0.2) is 0 Å². The topological polar surface area (TPSA) is 75.4 Å². The Morgan fingerprint density at radius 2 is 2.00 bits per heavy atom. The number of anilines is 1. The molecule has 9 heteroatoms. The van der Waals surface area contributed by atoms with Crippen molar-refractivity contribution in [2.45, 2.75) is 31.4 Å². The van der Waals surface area contributed by atoms with Gasteiger partial charge in [-0.1, -0.05) is 11.2 Å². The van der Waals surface area contributed by atoms with E-state index in [1.54, 1.807) is 4.90 Å². The third-order valence-corrected chi connectivity index (χ3v) is 4.55. The fraction of sp³-hybridized carbons (Fsp3) is 0.467. The van der Waals surface area contributed by atoms with E-state index in [9.17, 15) is 13.6 Å². The van der Waals surface area contributed by atoms with Gasteiger partial charge in [0.1, 0.15) is 11.4 Å². The van der Waals surface area contributed by atoms with Crippen molar-refractivity contribution in [3.05, 3.63) is 36.0 Å². The first-order chi connectivity index (χ1) is 11.6. The second-order valence-corrected chi connectivity index (χ2v) is 5.97. The molecule has 2 saturated heterocycles. The molecule has 0 radical (unpaired) electrons. The number of carbonyl (C=O) groups excluding carboxylic acids is 1. The highest BCUT2D eigenvalue weighted by atomic mass is 19.3. The van der Waals surface area contributed by atoms with E-state index in [0.717, 1.165) is 12.8 Å². The molecule has 2 fully saturated rings. The van der Waals surface area contributed by atoms with Crippen LogP contribution >= 0.6 is 0 Å². The van der Waals surface area contributed by atoms with E-state index >= 15 is 0 Å². The SMILES string of the molecule is O=C(c1cccc(C(F)F)n1)N1CC2CCC(C1)N2c1nnco1. The van der Waals surface area contributed by atoms with Gasteiger partial charge in [-0.05, 0) is 25.0 Å². The van der Waals surface area contributed by atoms with Crippen LogP contribution in [0.25, 0.3) is 0 Å². The highest BCUT2D eigenvalue weighted by molar-refractivity contribution is 5.92. The molecule has 0 aromatic carbocycles. The number of carbonyl (C=O) groups is 1. The van der Waals surface area contributed by atoms with Gasteiger partial charge >= 0.3 is 6.01 Å². The summed E-state index contributed by atoms with van der Waals surface area (Å²) < 4.78 is 30.8. The second kappa shape index (κ2) is 5.81. The molecule has 2 aromatic rings. The molecule has 0 spiro atoms. The number of alkyl halides is 2. The summed E-state index contributed by atoms with van der Waals surface area (Å²) in [7, 11) is 0. The fourth-order valence-corrected chi connectivity index (χ4v) is 3.51. The number of nitrogens with zero attached hydrogens (tertiary/aromatic N) is 5. The molecule has 24 heavy (non-hydrogen) atoms. The van der Waals surface area contributed by atoms with Crippen LogP contribution < -0.4 is 4.90 Å². The quantitative estimate of drug-likeness (QED) is 0.853. The van der Waals surface area contributed by atoms with Gasteiger partial charge in [-0.25, -0.2) is 13.8 Å². The number of hydrogen-bond donors (Lipinski definition) is 0. The third kappa shape index (κ3) is 2.49. The van der Waals surface area contributed by atoms with Gasteiger partial charge < -0.3 is 14.2 Å². The van der Waals surface area contributed by atoms with Crippen LogP contribution in [0.2, 0.25) is 0 Å². The van der Waals surface area contributed by atoms with Crippen LogP contribution in [0.1, 0.15) is 35.4 Å². The van der Waals surface area contributed by atoms with E-state index in [2.05, 4.69) is 20.1 Å². The Balaban J connectivity index is 1.53. The van der Waals surface area contributed by atoms with E-state index in [1.165, 1.54) is 24.6 Å². The Morgan fingerprint density at radius 1 is 1.25 bits per heavy atom. The Labute approximate surface area is 136 Å². The lowest BCUT2D eigenvalue weighted by Gasteiger charge is -2.39. The summed E-state index contributed by atoms with van der Waals surface area (Å²) in [5.41, 5.74) is -0.327. The Bertz CT molecular complexity index is 725. The zero-order valence-electron chi connectivity index (χ0n) is 12.7. The predicted octanol–water partition coefficient (Wildman–Crippen LogP) is 1.90. The Morgan fingerprint density at radius 3 is 2.62 bits per heavy atom. The van der Waals surface area contributed by atoms with Gasteiger partial charge in [0.2, 0.25) is 6.39 Å². The van der Waals surface area contributed by atoms with E-state index in [0.29, 0.717) is 19.1 Å². The summed E-state index contributed by atoms with van der Waals surface area (Å²) in [4.78, 5) is 20.2. The molecular formula is C15H15F2N5O2. The van der Waals surface area contributed by atoms with Crippen molar-refractivity contribution in [1.29, 1.82) is 0 Å². The van der Waals surface area contributed by atoms with Crippen molar-refractivity contribution in [3.63, 3.8) is 0 Å². The van der Waals surface area contributed by atoms with Crippen LogP contribution in [0.15, 0.2) is 29.0 Å². The first-order valence-corrected chi connectivity index (χ1v) is 7.72. The summed E-state index contributed by atoms with van der Waals surface area (Å²) in [6, 6.07) is 4.77. The van der Waals surface area contributed by atoms with Gasteiger partial charge in [-0.2, -0.15) is 0 Å². The van der Waals surface area contributed by atoms with Gasteiger partial charge in [0, 0.05) is 13.1 Å². The van der Waals surface area contributed by atoms with Crippen LogP contribution in [0.4, 0.5) is 14.8 Å². The molecule has 2 aromatic heterocycles. The predicted molar refractivity (Wildman–Crippen MR) is 78.7 cm³/mol. The lowest BCUT2D eigenvalue weighted by atomic mass is 10.1. The normalized spacial score (nSPS) is 23.1. The minimum absolute atomic E-state index is 0.0541. The van der Waals surface area contributed by atoms with E-state index < -0.39 is 6.43 Å². The molecule has 7 nitrogen and oxygen atoms in total. The molecule has 0 saturated carbocycles. The maximum atomic E-state index is 12.8. The maximum absolute atomic E-state index is 12.8. The monoisotopic (exact) mass is 335 g/mol. The van der Waals surface area contributed by atoms with Crippen LogP contribution in [0.5, 0.6) is 0 Å². The zero-order chi connectivity index (χ0) is 16.7. The van der Waals surface area contributed by atoms with Crippen LogP contribution in [0.3, 0.4) is 0 Å². The smallest absolute Gasteiger partial charge is 0.318 e. The first kappa shape index (κ1) is 15.0. The average molecular weight is 335 g/mol. The molecule has 126 valence electrons. The first-order valence-electron chi connectivity index (χ1n) is 7.72. The second-order valence-electron chi connectivity index (χ2n) is 5.97. The van der Waals surface area contributed by atoms with Crippen LogP contribution in [-0.4, -0.2) is 51.2 Å². The van der Waals surface area contributed by atoms with Gasteiger partial charge in [0.25, 0.3) is 12.3 Å². The van der Waals surface area contributed by atoms with E-state index in [-0.39, 0.29) is 29.4 Å². The van der Waals surface area contributed by atoms with E-state index in [4.69, 9.17) is 4.42 Å². The summed E-state index contributed by atoms with van der Waals surface area (Å²) in [6.45, 7) is 0.969. The number of pyridine rings is 1. The molecule has 0 N–H and O–H groups in total. The molecule has 1 amide bonds. The van der Waals surface area contributed by atoms with Crippen molar-refractivity contribution < 1.29 is 18.0 Å². The molecule has 2 aliphatic heterocycles. The number of hydrogen-bond acceptors (Lipinski definition) is 6. The summed E-state index contributed by atoms with van der Waals surface area (Å²) in [5, 5.41) is 7.65. The van der Waals surface area contributed by atoms with Gasteiger partial charge in [-0.3, -0.25) is 4.79 Å². The number of aromatic nitrogens is 3. The highest BCUT2D eigenvalue weighted by Gasteiger charge is 2.43. The molecule has 2 bridgehead atoms. The maximum Gasteiger partial charge on any atom is 0.318 e. The third-order valence-electron chi connectivity index (χ3n) is 4.55. The number of piperazine rings is 1. The summed E-state index contributed by atoms with van der Waals surface area (Å²) in [5.74, 6) is -0.320. The van der Waals surface area contributed by atoms with Crippen molar-refractivity contribution >= 4 is 11.9 Å². The van der Waals surface area contributed by atoms with Gasteiger partial charge in [0.05, 0.1) is 12.1 Å². The van der Waals surface area contributed by atoms with Crippen molar-refractivity contribution in [1.82, 2.24) is 20.1 Å². The summed E-state index contributed by atoms with van der Waals surface area (Å²) >= 11 is 0. The van der Waals surface area contributed by atoms with Crippen molar-refractivity contribution in [2.24, 2.45) is 0 Å². The van der Waals surface area contributed by atoms with Crippen molar-refractivity contribution in [3.8, 4) is 0 Å². The fourth-order valence-electron chi connectivity index (χ4n) is 3.51. The number of likely N-dealkylation sites (tertiary alicyclic amines) is 1. The van der Waals surface area contributed by atoms with Crippen LogP contribution in [-0.2, 0) is 0 Å². The lowest BCUT2D eigenvalue weighted by molar-refractivity contribution is 0.0707. The summed E-state index contributed by atoms with van der Waals surface area (Å²) in [6.07, 6.45) is 0.428. The Hall–Kier alpha value is -2.58. The minimum atomic E-state index is -2.69. The standard InChI is InChI=1S/C15H15F2N5O2/c16-13(17)11-2-1-3-12(19-11)14(23)21-6-9-4-5-10(7-21)22(9)15-20-18-8-24-15/h1-3,8-10,13H,4-7H2. The number of amides is 1. The van der Waals surface area contributed by atoms with Crippen molar-refractivity contribution in [2.75, 3.05) is 18.0 Å². The Kier molecular flexibility index (Phi) is 3.62. The number of rotatable bonds is 3. The molecule has 4 rings (SSSR count). The molecule has 0 aliphatic carbocycles. The number of fused-ring (bicyclic) bond motifs is 2. The molecule has 2 aliphatic rings. The largest absolute Gasteiger partial charge is 0.411 e. The number of halogens is 2. The highest BCUT2D eigenvalue weighted by Crippen LogP contribution is 2.34. The molecule has 2 atom stereocenters.